The number of aromatic hydroxyl groups is 3. The first-order valence-corrected chi connectivity index (χ1v) is 15.4. The number of aliphatic carboxylic acids is 1. The van der Waals surface area contributed by atoms with Crippen LogP contribution < -0.4 is 10.5 Å². The molecule has 254 valence electrons. The summed E-state index contributed by atoms with van der Waals surface area (Å²) in [5.74, 6) is -3.11. The molecule has 4 rings (SSSR count). The number of aliphatic hydroxyl groups is 2. The Labute approximate surface area is 271 Å². The summed E-state index contributed by atoms with van der Waals surface area (Å²) in [4.78, 5) is 38.9. The lowest BCUT2D eigenvalue weighted by Gasteiger charge is -2.46. The molecule has 2 fully saturated rings. The molecule has 8 N–H and O–H groups in total. The first-order valence-electron chi connectivity index (χ1n) is 15.4. The second-order valence-corrected chi connectivity index (χ2v) is 11.9. The van der Waals surface area contributed by atoms with Crippen molar-refractivity contribution in [1.82, 2.24) is 0 Å². The molecule has 4 atom stereocenters. The minimum atomic E-state index is -2.11. The average molecular weight is 656 g/mol. The zero-order valence-electron chi connectivity index (χ0n) is 25.8. The quantitative estimate of drug-likeness (QED) is 0.115. The number of carbonyl (C=O) groups excluding carboxylic acids is 2. The van der Waals surface area contributed by atoms with Gasteiger partial charge in [0.25, 0.3) is 0 Å². The molecule has 0 heterocycles. The Morgan fingerprint density at radius 3 is 2.15 bits per heavy atom. The van der Waals surface area contributed by atoms with Crippen molar-refractivity contribution in [3.05, 3.63) is 59.7 Å². The van der Waals surface area contributed by atoms with E-state index in [2.05, 4.69) is 0 Å². The van der Waals surface area contributed by atoms with Crippen LogP contribution in [-0.4, -0.2) is 97.4 Å². The molecule has 0 bridgehead atoms. The van der Waals surface area contributed by atoms with Gasteiger partial charge in [-0.15, -0.1) is 0 Å². The number of phenols is 3. The number of carboxylic acids is 1. The second-order valence-electron chi connectivity index (χ2n) is 11.9. The molecule has 0 spiro atoms. The van der Waals surface area contributed by atoms with E-state index in [1.54, 1.807) is 6.07 Å². The standard InChI is InChI=1S/C34H41NO12/c35-14-15-45-28-10-6-21(17-26(28)39)4-8-23(36)20-46-34(32(43)44)18-27(40)31(42)29(19-34)47-33(12-2-1-3-13-33)30(41)11-7-22-5-9-24(37)25(38)16-22/h4-11,16-17,27,29,31,37-40,42H,1-3,12-15,18-20,35H2,(H,43,44). The highest BCUT2D eigenvalue weighted by atomic mass is 16.6. The molecule has 0 amide bonds. The van der Waals surface area contributed by atoms with Crippen molar-refractivity contribution < 1.29 is 59.2 Å². The van der Waals surface area contributed by atoms with E-state index in [9.17, 15) is 45.0 Å². The number of ether oxygens (including phenoxy) is 3. The number of benzene rings is 2. The van der Waals surface area contributed by atoms with E-state index in [0.29, 0.717) is 24.0 Å². The third-order valence-corrected chi connectivity index (χ3v) is 8.46. The number of carbonyl (C=O) groups is 3. The number of carboxylic acid groups (broad SMARTS) is 1. The molecule has 0 aliphatic heterocycles. The van der Waals surface area contributed by atoms with Crippen LogP contribution in [0, 0.1) is 0 Å². The zero-order chi connectivity index (χ0) is 34.2. The van der Waals surface area contributed by atoms with Gasteiger partial charge in [0.15, 0.2) is 40.2 Å². The van der Waals surface area contributed by atoms with Crippen LogP contribution in [0.3, 0.4) is 0 Å². The number of aliphatic hydroxyl groups excluding tert-OH is 2. The van der Waals surface area contributed by atoms with Gasteiger partial charge in [0.2, 0.25) is 0 Å². The van der Waals surface area contributed by atoms with Crippen molar-refractivity contribution in [2.24, 2.45) is 5.73 Å². The molecule has 2 aliphatic carbocycles. The van der Waals surface area contributed by atoms with Gasteiger partial charge < -0.3 is 50.6 Å². The first-order chi connectivity index (χ1) is 22.4. The van der Waals surface area contributed by atoms with E-state index >= 15 is 0 Å². The monoisotopic (exact) mass is 655 g/mol. The van der Waals surface area contributed by atoms with Crippen molar-refractivity contribution in [1.29, 1.82) is 0 Å². The van der Waals surface area contributed by atoms with Crippen LogP contribution in [0.2, 0.25) is 0 Å². The number of phenolic OH excluding ortho intramolecular Hbond substituents is 3. The fourth-order valence-electron chi connectivity index (χ4n) is 5.88. The SMILES string of the molecule is NCCOc1ccc(C=CC(=O)COC2(C(=O)O)CC(O)C(O)C(OC3(C(=O)C=Cc4ccc(O)c(O)c4)CCCCC3)C2)cc1O. The van der Waals surface area contributed by atoms with Gasteiger partial charge in [-0.2, -0.15) is 0 Å². The van der Waals surface area contributed by atoms with Crippen LogP contribution in [0.5, 0.6) is 23.0 Å². The van der Waals surface area contributed by atoms with Gasteiger partial charge in [-0.3, -0.25) is 9.59 Å². The molecule has 2 aliphatic rings. The number of nitrogens with two attached hydrogens (primary N) is 1. The third-order valence-electron chi connectivity index (χ3n) is 8.46. The topological polar surface area (TPSA) is 226 Å². The Morgan fingerprint density at radius 2 is 1.51 bits per heavy atom. The molecule has 0 radical (unpaired) electrons. The highest BCUT2D eigenvalue weighted by molar-refractivity contribution is 6.00. The van der Waals surface area contributed by atoms with Gasteiger partial charge in [0, 0.05) is 19.4 Å². The minimum Gasteiger partial charge on any atom is -0.504 e. The van der Waals surface area contributed by atoms with Gasteiger partial charge >= 0.3 is 5.97 Å². The average Bonchev–Trinajstić information content (AvgIpc) is 3.05. The summed E-state index contributed by atoms with van der Waals surface area (Å²) in [5, 5.41) is 61.3. The van der Waals surface area contributed by atoms with E-state index in [0.717, 1.165) is 12.5 Å². The molecule has 0 aromatic heterocycles. The highest BCUT2D eigenvalue weighted by Crippen LogP contribution is 2.41. The maximum Gasteiger partial charge on any atom is 0.336 e. The largest absolute Gasteiger partial charge is 0.504 e. The maximum absolute atomic E-state index is 13.6. The Bertz CT molecular complexity index is 1500. The van der Waals surface area contributed by atoms with Crippen LogP contribution in [0.15, 0.2) is 48.6 Å². The molecule has 13 nitrogen and oxygen atoms in total. The maximum atomic E-state index is 13.6. The number of hydrogen-bond donors (Lipinski definition) is 7. The molecule has 4 unspecified atom stereocenters. The Kier molecular flexibility index (Phi) is 11.8. The van der Waals surface area contributed by atoms with Gasteiger partial charge in [0.05, 0.1) is 12.2 Å². The number of rotatable bonds is 14. The van der Waals surface area contributed by atoms with Crippen molar-refractivity contribution in [2.45, 2.75) is 74.5 Å². The summed E-state index contributed by atoms with van der Waals surface area (Å²) in [6.45, 7) is -0.196. The van der Waals surface area contributed by atoms with Crippen LogP contribution in [0.4, 0.5) is 0 Å². The fraction of sp³-hybridized carbons (Fsp3) is 0.441. The highest BCUT2D eigenvalue weighted by Gasteiger charge is 2.54. The first kappa shape index (κ1) is 35.6. The van der Waals surface area contributed by atoms with Crippen LogP contribution >= 0.6 is 0 Å². The third kappa shape index (κ3) is 8.76. The van der Waals surface area contributed by atoms with Crippen molar-refractivity contribution >= 4 is 29.7 Å². The number of hydrogen-bond acceptors (Lipinski definition) is 12. The predicted octanol–water partition coefficient (Wildman–Crippen LogP) is 2.45. The zero-order valence-corrected chi connectivity index (χ0v) is 25.8. The summed E-state index contributed by atoms with van der Waals surface area (Å²) in [5.41, 5.74) is 2.78. The molecule has 2 aromatic carbocycles. The normalized spacial score (nSPS) is 24.4. The van der Waals surface area contributed by atoms with Gasteiger partial charge in [-0.25, -0.2) is 4.79 Å². The summed E-state index contributed by atoms with van der Waals surface area (Å²) in [7, 11) is 0. The van der Waals surface area contributed by atoms with E-state index in [4.69, 9.17) is 19.9 Å². The molecule has 2 saturated carbocycles. The Hall–Kier alpha value is -4.27. The van der Waals surface area contributed by atoms with E-state index in [1.807, 2.05) is 0 Å². The van der Waals surface area contributed by atoms with Crippen molar-refractivity contribution in [2.75, 3.05) is 19.8 Å². The smallest absolute Gasteiger partial charge is 0.336 e. The van der Waals surface area contributed by atoms with Gasteiger partial charge in [0.1, 0.15) is 24.9 Å². The molecule has 47 heavy (non-hydrogen) atoms. The van der Waals surface area contributed by atoms with E-state index in [1.165, 1.54) is 48.6 Å². The second kappa shape index (κ2) is 15.5. The van der Waals surface area contributed by atoms with Crippen molar-refractivity contribution in [3.8, 4) is 23.0 Å². The van der Waals surface area contributed by atoms with Crippen molar-refractivity contribution in [3.63, 3.8) is 0 Å². The van der Waals surface area contributed by atoms with Crippen LogP contribution in [0.1, 0.15) is 56.1 Å². The lowest BCUT2D eigenvalue weighted by Crippen LogP contribution is -2.60. The summed E-state index contributed by atoms with van der Waals surface area (Å²) in [6.07, 6.45) is 2.55. The lowest BCUT2D eigenvalue weighted by molar-refractivity contribution is -0.227. The van der Waals surface area contributed by atoms with E-state index in [-0.39, 0.29) is 49.0 Å². The predicted molar refractivity (Wildman–Crippen MR) is 169 cm³/mol. The summed E-state index contributed by atoms with van der Waals surface area (Å²) in [6, 6.07) is 8.55. The van der Waals surface area contributed by atoms with E-state index < -0.39 is 66.5 Å². The van der Waals surface area contributed by atoms with Crippen LogP contribution in [-0.2, 0) is 23.9 Å². The molecular formula is C34H41NO12. The minimum absolute atomic E-state index is 0.153. The molecule has 0 saturated heterocycles. The Balaban J connectivity index is 1.48. The fourth-order valence-corrected chi connectivity index (χ4v) is 5.88. The number of ketones is 2. The van der Waals surface area contributed by atoms with Crippen LogP contribution in [0.25, 0.3) is 12.2 Å². The lowest BCUT2D eigenvalue weighted by atomic mass is 9.77. The molecule has 2 aromatic rings. The summed E-state index contributed by atoms with van der Waals surface area (Å²) < 4.78 is 17.2. The van der Waals surface area contributed by atoms with Gasteiger partial charge in [-0.1, -0.05) is 43.5 Å². The van der Waals surface area contributed by atoms with Gasteiger partial charge in [-0.05, 0) is 60.4 Å². The molecule has 13 heteroatoms. The Morgan fingerprint density at radius 1 is 0.851 bits per heavy atom. The molecular weight excluding hydrogens is 614 g/mol. The summed E-state index contributed by atoms with van der Waals surface area (Å²) >= 11 is 0.